The van der Waals surface area contributed by atoms with Crippen LogP contribution in [0.1, 0.15) is 17.9 Å². The molecule has 1 fully saturated rings. The number of carbonyl (C=O) groups excluding carboxylic acids is 2. The molecule has 0 aliphatic heterocycles. The Kier molecular flexibility index (Phi) is 5.04. The van der Waals surface area contributed by atoms with Crippen molar-refractivity contribution in [3.05, 3.63) is 42.0 Å². The first-order valence-electron chi connectivity index (χ1n) is 8.10. The Labute approximate surface area is 144 Å². The van der Waals surface area contributed by atoms with E-state index in [1.54, 1.807) is 7.11 Å². The minimum atomic E-state index is -1.48. The summed E-state index contributed by atoms with van der Waals surface area (Å²) in [6.07, 6.45) is 0.482. The third-order valence-corrected chi connectivity index (χ3v) is 5.99. The summed E-state index contributed by atoms with van der Waals surface area (Å²) in [5, 5.41) is 0. The van der Waals surface area contributed by atoms with Gasteiger partial charge in [-0.25, -0.2) is 0 Å². The second-order valence-corrected chi connectivity index (χ2v) is 13.1. The van der Waals surface area contributed by atoms with Crippen molar-refractivity contribution in [3.8, 4) is 5.75 Å². The Morgan fingerprint density at radius 1 is 1.21 bits per heavy atom. The SMILES string of the molecule is C=C(C[Si](C)(C)C)C(=O)[C@@]1(C(=O)OC)C[C@@H]1c1ccc(OC)cc1. The molecule has 1 aliphatic rings. The van der Waals surface area contributed by atoms with E-state index in [0.29, 0.717) is 18.0 Å². The zero-order chi connectivity index (χ0) is 18.1. The molecule has 1 aromatic carbocycles. The first kappa shape index (κ1) is 18.5. The smallest absolute Gasteiger partial charge is 0.320 e. The number of hydrogen-bond acceptors (Lipinski definition) is 4. The van der Waals surface area contributed by atoms with Gasteiger partial charge in [0, 0.05) is 14.0 Å². The molecule has 1 aliphatic carbocycles. The van der Waals surface area contributed by atoms with E-state index in [1.807, 2.05) is 24.3 Å². The predicted molar refractivity (Wildman–Crippen MR) is 97.1 cm³/mol. The van der Waals surface area contributed by atoms with Gasteiger partial charge in [-0.2, -0.15) is 0 Å². The van der Waals surface area contributed by atoms with Gasteiger partial charge in [-0.1, -0.05) is 38.4 Å². The molecule has 5 heteroatoms. The lowest BCUT2D eigenvalue weighted by molar-refractivity contribution is -0.150. The molecule has 2 rings (SSSR count). The number of rotatable bonds is 7. The molecule has 0 heterocycles. The fourth-order valence-corrected chi connectivity index (χ4v) is 4.73. The molecule has 0 saturated heterocycles. The lowest BCUT2D eigenvalue weighted by Gasteiger charge is -2.20. The summed E-state index contributed by atoms with van der Waals surface area (Å²) in [6.45, 7) is 10.5. The highest BCUT2D eigenvalue weighted by molar-refractivity contribution is 6.77. The lowest BCUT2D eigenvalue weighted by atomic mass is 9.91. The van der Waals surface area contributed by atoms with E-state index in [9.17, 15) is 9.59 Å². The molecule has 2 atom stereocenters. The highest BCUT2D eigenvalue weighted by Crippen LogP contribution is 2.61. The number of methoxy groups -OCH3 is 2. The molecule has 0 N–H and O–H groups in total. The van der Waals surface area contributed by atoms with Crippen LogP contribution in [-0.4, -0.2) is 34.0 Å². The third kappa shape index (κ3) is 3.46. The molecule has 0 amide bonds. The van der Waals surface area contributed by atoms with Gasteiger partial charge in [0.15, 0.2) is 5.78 Å². The maximum Gasteiger partial charge on any atom is 0.320 e. The minimum absolute atomic E-state index is 0.151. The normalized spacial score (nSPS) is 22.6. The molecular weight excluding hydrogens is 320 g/mol. The van der Waals surface area contributed by atoms with E-state index >= 15 is 0 Å². The Morgan fingerprint density at radius 3 is 2.25 bits per heavy atom. The molecule has 4 nitrogen and oxygen atoms in total. The van der Waals surface area contributed by atoms with Crippen molar-refractivity contribution >= 4 is 19.8 Å². The predicted octanol–water partition coefficient (Wildman–Crippen LogP) is 3.81. The van der Waals surface area contributed by atoms with E-state index < -0.39 is 19.5 Å². The second-order valence-electron chi connectivity index (χ2n) is 7.66. The molecule has 0 bridgehead atoms. The molecule has 24 heavy (non-hydrogen) atoms. The van der Waals surface area contributed by atoms with E-state index in [0.717, 1.165) is 11.3 Å². The first-order chi connectivity index (χ1) is 11.2. The Bertz CT molecular complexity index is 657. The second kappa shape index (κ2) is 6.55. The summed E-state index contributed by atoms with van der Waals surface area (Å²) in [6, 6.07) is 8.19. The van der Waals surface area contributed by atoms with Crippen LogP contribution in [0.2, 0.25) is 25.7 Å². The van der Waals surface area contributed by atoms with E-state index in [-0.39, 0.29) is 11.7 Å². The zero-order valence-corrected chi connectivity index (χ0v) is 16.1. The quantitative estimate of drug-likeness (QED) is 0.326. The fraction of sp³-hybridized carbons (Fsp3) is 0.474. The summed E-state index contributed by atoms with van der Waals surface area (Å²) in [5.74, 6) is -0.0121. The molecule has 130 valence electrons. The van der Waals surface area contributed by atoms with Gasteiger partial charge in [-0.3, -0.25) is 9.59 Å². The van der Waals surface area contributed by atoms with Crippen LogP contribution in [0.3, 0.4) is 0 Å². The number of hydrogen-bond donors (Lipinski definition) is 0. The fourth-order valence-electron chi connectivity index (χ4n) is 3.29. The molecular formula is C19H26O4Si. The van der Waals surface area contributed by atoms with E-state index in [4.69, 9.17) is 9.47 Å². The maximum atomic E-state index is 13.0. The summed E-state index contributed by atoms with van der Waals surface area (Å²) < 4.78 is 10.1. The summed E-state index contributed by atoms with van der Waals surface area (Å²) in [7, 11) is 1.46. The van der Waals surface area contributed by atoms with Crippen LogP contribution in [0.25, 0.3) is 0 Å². The molecule has 1 saturated carbocycles. The van der Waals surface area contributed by atoms with Crippen molar-refractivity contribution in [2.45, 2.75) is 38.0 Å². The molecule has 0 aromatic heterocycles. The van der Waals surface area contributed by atoms with Crippen molar-refractivity contribution in [3.63, 3.8) is 0 Å². The van der Waals surface area contributed by atoms with Crippen LogP contribution in [-0.2, 0) is 14.3 Å². The minimum Gasteiger partial charge on any atom is -0.497 e. The third-order valence-electron chi connectivity index (χ3n) is 4.50. The number of allylic oxidation sites excluding steroid dienone is 1. The molecule has 0 spiro atoms. The van der Waals surface area contributed by atoms with Gasteiger partial charge in [0.2, 0.25) is 0 Å². The Hall–Kier alpha value is -1.88. The summed E-state index contributed by atoms with van der Waals surface area (Å²) in [5.41, 5.74) is 0.408. The van der Waals surface area contributed by atoms with Crippen LogP contribution in [0, 0.1) is 5.41 Å². The van der Waals surface area contributed by atoms with Crippen LogP contribution in [0.5, 0.6) is 5.75 Å². The molecule has 0 radical (unpaired) electrons. The van der Waals surface area contributed by atoms with Crippen molar-refractivity contribution in [1.29, 1.82) is 0 Å². The number of Topliss-reactive ketones (excluding diaryl/α,β-unsaturated/α-hetero) is 1. The first-order valence-corrected chi connectivity index (χ1v) is 11.8. The van der Waals surface area contributed by atoms with Crippen molar-refractivity contribution in [2.75, 3.05) is 14.2 Å². The van der Waals surface area contributed by atoms with Crippen LogP contribution >= 0.6 is 0 Å². The van der Waals surface area contributed by atoms with Gasteiger partial charge >= 0.3 is 5.97 Å². The van der Waals surface area contributed by atoms with Crippen LogP contribution < -0.4 is 4.74 Å². The molecule has 0 unspecified atom stereocenters. The van der Waals surface area contributed by atoms with Crippen LogP contribution in [0.15, 0.2) is 36.4 Å². The van der Waals surface area contributed by atoms with Crippen molar-refractivity contribution in [2.24, 2.45) is 5.41 Å². The van der Waals surface area contributed by atoms with Gasteiger partial charge in [0.05, 0.1) is 14.2 Å². The van der Waals surface area contributed by atoms with Crippen LogP contribution in [0.4, 0.5) is 0 Å². The van der Waals surface area contributed by atoms with E-state index in [1.165, 1.54) is 7.11 Å². The number of ketones is 1. The lowest BCUT2D eigenvalue weighted by Crippen LogP contribution is -2.32. The highest BCUT2D eigenvalue weighted by Gasteiger charge is 2.67. The Balaban J connectivity index is 2.28. The topological polar surface area (TPSA) is 52.6 Å². The number of ether oxygens (including phenoxy) is 2. The Morgan fingerprint density at radius 2 is 1.79 bits per heavy atom. The van der Waals surface area contributed by atoms with Gasteiger partial charge < -0.3 is 9.47 Å². The van der Waals surface area contributed by atoms with Gasteiger partial charge in [-0.15, -0.1) is 0 Å². The average Bonchev–Trinajstić information content (AvgIpc) is 3.28. The number of carbonyl (C=O) groups is 2. The maximum absolute atomic E-state index is 13.0. The number of benzene rings is 1. The van der Waals surface area contributed by atoms with Crippen molar-refractivity contribution < 1.29 is 19.1 Å². The van der Waals surface area contributed by atoms with E-state index in [2.05, 4.69) is 26.2 Å². The molecule has 1 aromatic rings. The largest absolute Gasteiger partial charge is 0.497 e. The van der Waals surface area contributed by atoms with Gasteiger partial charge in [0.1, 0.15) is 11.2 Å². The van der Waals surface area contributed by atoms with Gasteiger partial charge in [-0.05, 0) is 35.7 Å². The summed E-state index contributed by atoms with van der Waals surface area (Å²) in [4.78, 5) is 25.4. The standard InChI is InChI=1S/C19H26O4Si/c1-13(12-24(4,5)6)17(20)19(18(21)23-3)11-16(19)14-7-9-15(22-2)10-8-14/h7-10,16H,1,11-12H2,2-6H3/t16-,19-/m1/s1. The van der Waals surface area contributed by atoms with Gasteiger partial charge in [0.25, 0.3) is 0 Å². The van der Waals surface area contributed by atoms with Crippen molar-refractivity contribution in [1.82, 2.24) is 0 Å². The monoisotopic (exact) mass is 346 g/mol. The number of esters is 1. The zero-order valence-electron chi connectivity index (χ0n) is 15.1. The average molecular weight is 346 g/mol. The highest BCUT2D eigenvalue weighted by atomic mass is 28.3. The summed E-state index contributed by atoms with van der Waals surface area (Å²) >= 11 is 0.